The van der Waals surface area contributed by atoms with Crippen molar-refractivity contribution in [2.45, 2.75) is 65.0 Å². The van der Waals surface area contributed by atoms with Crippen LogP contribution >= 0.6 is 0 Å². The fraction of sp³-hybridized carbons (Fsp3) is 0.800. The lowest BCUT2D eigenvalue weighted by Crippen LogP contribution is -3.11. The fourth-order valence-electron chi connectivity index (χ4n) is 4.21. The van der Waals surface area contributed by atoms with E-state index in [-0.39, 0.29) is 0 Å². The molecule has 2 N–H and O–H groups in total. The molecule has 0 bridgehead atoms. The molecule has 0 aliphatic carbocycles. The van der Waals surface area contributed by atoms with E-state index in [0.29, 0.717) is 12.2 Å². The molecule has 2 saturated heterocycles. The number of carbonyl (C=O) groups excluding carboxylic acids is 2. The summed E-state index contributed by atoms with van der Waals surface area (Å²) in [7, 11) is 9.03. The first-order valence-corrected chi connectivity index (χ1v) is 10.1. The van der Waals surface area contributed by atoms with Crippen molar-refractivity contribution in [2.24, 2.45) is 0 Å². The zero-order valence-electron chi connectivity index (χ0n) is 18.8. The molecular formula is C20H40N4O4. The van der Waals surface area contributed by atoms with Crippen LogP contribution in [0.5, 0.6) is 0 Å². The summed E-state index contributed by atoms with van der Waals surface area (Å²) < 4.78 is 0. The van der Waals surface area contributed by atoms with E-state index in [4.69, 9.17) is 0 Å². The maximum absolute atomic E-state index is 9.41. The highest BCUT2D eigenvalue weighted by molar-refractivity contribution is 5.87. The van der Waals surface area contributed by atoms with Crippen LogP contribution in [0, 0.1) is 0 Å². The summed E-state index contributed by atoms with van der Waals surface area (Å²) in [5.41, 5.74) is 0. The number of rotatable bonds is 4. The lowest BCUT2D eigenvalue weighted by molar-refractivity contribution is -0.899. The second-order valence-electron chi connectivity index (χ2n) is 7.95. The molecule has 2 heterocycles. The van der Waals surface area contributed by atoms with Gasteiger partial charge < -0.3 is 29.6 Å². The summed E-state index contributed by atoms with van der Waals surface area (Å²) >= 11 is 0. The molecule has 28 heavy (non-hydrogen) atoms. The monoisotopic (exact) mass is 400 g/mol. The molecule has 2 aliphatic rings. The van der Waals surface area contributed by atoms with Crippen molar-refractivity contribution in [3.05, 3.63) is 12.2 Å². The largest absolute Gasteiger partial charge is 0.545 e. The average molecular weight is 401 g/mol. The molecule has 164 valence electrons. The number of likely N-dealkylation sites (N-methyl/N-ethyl adjacent to an activating group) is 4. The Balaban J connectivity index is 0.000000394. The Morgan fingerprint density at radius 2 is 1.14 bits per heavy atom. The first kappa shape index (κ1) is 26.5. The average Bonchev–Trinajstić information content (AvgIpc) is 3.00. The molecule has 0 amide bonds. The number of carboxylic acid groups (broad SMARTS) is 2. The molecule has 0 aromatic heterocycles. The van der Waals surface area contributed by atoms with Crippen molar-refractivity contribution >= 4 is 11.9 Å². The van der Waals surface area contributed by atoms with E-state index < -0.39 is 11.9 Å². The van der Waals surface area contributed by atoms with Crippen LogP contribution in [0.3, 0.4) is 0 Å². The van der Waals surface area contributed by atoms with Crippen LogP contribution in [0.25, 0.3) is 0 Å². The summed E-state index contributed by atoms with van der Waals surface area (Å²) in [6, 6.07) is 1.54. The highest BCUT2D eigenvalue weighted by atomic mass is 16.4. The smallest absolute Gasteiger partial charge is 0.143 e. The molecule has 0 spiro atoms. The molecular weight excluding hydrogens is 360 g/mol. The minimum absolute atomic E-state index is 0.384. The molecule has 0 saturated carbocycles. The van der Waals surface area contributed by atoms with Crippen molar-refractivity contribution in [2.75, 3.05) is 41.3 Å². The summed E-state index contributed by atoms with van der Waals surface area (Å²) in [6.45, 7) is 11.7. The maximum atomic E-state index is 9.41. The van der Waals surface area contributed by atoms with E-state index >= 15 is 0 Å². The van der Waals surface area contributed by atoms with Gasteiger partial charge in [0, 0.05) is 12.8 Å². The second kappa shape index (κ2) is 12.9. The number of hydrogen-bond acceptors (Lipinski definition) is 6. The minimum Gasteiger partial charge on any atom is -0.545 e. The normalized spacial score (nSPS) is 33.1. The fourth-order valence-corrected chi connectivity index (χ4v) is 4.21. The van der Waals surface area contributed by atoms with Gasteiger partial charge in [-0.05, 0) is 40.1 Å². The lowest BCUT2D eigenvalue weighted by atomic mass is 10.3. The highest BCUT2D eigenvalue weighted by Gasteiger charge is 2.34. The van der Waals surface area contributed by atoms with Crippen LogP contribution in [0.1, 0.15) is 40.5 Å². The van der Waals surface area contributed by atoms with Crippen LogP contribution in [0.4, 0.5) is 0 Å². The van der Waals surface area contributed by atoms with E-state index in [1.54, 1.807) is 9.80 Å². The molecule has 8 heteroatoms. The molecule has 0 aromatic carbocycles. The number of carboxylic acids is 2. The summed E-state index contributed by atoms with van der Waals surface area (Å²) in [6.07, 6.45) is 4.83. The number of hydrogen-bond donors (Lipinski definition) is 2. The van der Waals surface area contributed by atoms with Gasteiger partial charge in [-0.25, -0.2) is 9.80 Å². The van der Waals surface area contributed by atoms with Crippen molar-refractivity contribution < 1.29 is 29.6 Å². The van der Waals surface area contributed by atoms with Gasteiger partial charge in [-0.15, -0.1) is 0 Å². The lowest BCUT2D eigenvalue weighted by Gasteiger charge is -2.20. The molecule has 6 unspecified atom stereocenters. The van der Waals surface area contributed by atoms with Crippen LogP contribution in [0.2, 0.25) is 0 Å². The summed E-state index contributed by atoms with van der Waals surface area (Å²) in [5, 5.41) is 18.8. The molecule has 8 nitrogen and oxygen atoms in total. The minimum atomic E-state index is -1.55. The van der Waals surface area contributed by atoms with E-state index in [1.165, 1.54) is 25.9 Å². The molecule has 6 atom stereocenters. The zero-order chi connectivity index (χ0) is 22.0. The van der Waals surface area contributed by atoms with Gasteiger partial charge in [0.1, 0.15) is 12.3 Å². The van der Waals surface area contributed by atoms with Crippen LogP contribution in [-0.2, 0) is 9.59 Å². The Morgan fingerprint density at radius 1 is 0.857 bits per heavy atom. The van der Waals surface area contributed by atoms with Crippen molar-refractivity contribution in [1.29, 1.82) is 0 Å². The number of carbonyl (C=O) groups is 2. The Bertz CT molecular complexity index is 470. The molecule has 2 rings (SSSR count). The van der Waals surface area contributed by atoms with E-state index in [1.807, 2.05) is 0 Å². The van der Waals surface area contributed by atoms with Crippen molar-refractivity contribution in [3.63, 3.8) is 0 Å². The van der Waals surface area contributed by atoms with Crippen molar-refractivity contribution in [3.8, 4) is 0 Å². The Morgan fingerprint density at radius 3 is 1.25 bits per heavy atom. The van der Waals surface area contributed by atoms with Gasteiger partial charge >= 0.3 is 0 Å². The van der Waals surface area contributed by atoms with E-state index in [9.17, 15) is 19.8 Å². The van der Waals surface area contributed by atoms with Gasteiger partial charge in [0.05, 0.1) is 51.2 Å². The van der Waals surface area contributed by atoms with Gasteiger partial charge in [-0.2, -0.15) is 0 Å². The second-order valence-corrected chi connectivity index (χ2v) is 7.95. The number of quaternary nitrogens is 2. The van der Waals surface area contributed by atoms with Crippen LogP contribution in [0.15, 0.2) is 12.2 Å². The number of nitrogens with zero attached hydrogens (tertiary/aromatic N) is 2. The Labute approximate surface area is 170 Å². The standard InChI is InChI=1S/2C8H18N2.C4H4O4/c2*1-5-8-9(3)6-7(2)10(8)4;5-3(6)1-2-4(7)8/h2*7-8H,5-6H2,1-4H3;1-2H,(H,5,6)(H,7,8)/b;;2-1-. The highest BCUT2D eigenvalue weighted by Crippen LogP contribution is 2.05. The third-order valence-corrected chi connectivity index (χ3v) is 5.88. The number of aliphatic carboxylic acids is 2. The van der Waals surface area contributed by atoms with E-state index in [2.05, 4.69) is 65.7 Å². The van der Waals surface area contributed by atoms with Gasteiger partial charge in [0.15, 0.2) is 0 Å². The zero-order valence-corrected chi connectivity index (χ0v) is 18.8. The van der Waals surface area contributed by atoms with Crippen molar-refractivity contribution in [1.82, 2.24) is 9.80 Å². The van der Waals surface area contributed by atoms with Gasteiger partial charge in [0.25, 0.3) is 0 Å². The van der Waals surface area contributed by atoms with Crippen LogP contribution in [-0.4, -0.2) is 87.4 Å². The topological polar surface area (TPSA) is 95.6 Å². The Kier molecular flexibility index (Phi) is 12.2. The van der Waals surface area contributed by atoms with Gasteiger partial charge in [-0.1, -0.05) is 13.8 Å². The third kappa shape index (κ3) is 8.68. The molecule has 0 aromatic rings. The summed E-state index contributed by atoms with van der Waals surface area (Å²) in [5.74, 6) is -3.09. The summed E-state index contributed by atoms with van der Waals surface area (Å²) in [4.78, 5) is 27.1. The Hall–Kier alpha value is -1.48. The molecule has 2 aliphatic heterocycles. The van der Waals surface area contributed by atoms with Gasteiger partial charge in [-0.3, -0.25) is 0 Å². The van der Waals surface area contributed by atoms with Crippen LogP contribution < -0.4 is 20.0 Å². The number of nitrogens with one attached hydrogen (secondary N) is 2. The molecule has 2 fully saturated rings. The predicted molar refractivity (Wildman–Crippen MR) is 105 cm³/mol. The van der Waals surface area contributed by atoms with E-state index in [0.717, 1.165) is 24.4 Å². The SMILES string of the molecule is CCC1N(C)C(C)C[NH+]1C.CCC1N(C)C(C)C[NH+]1C.O=C([O-])/C=C\C(=O)[O-]. The first-order chi connectivity index (χ1) is 13.0. The quantitative estimate of drug-likeness (QED) is 0.470. The predicted octanol–water partition coefficient (Wildman–Crippen LogP) is -3.82. The first-order valence-electron chi connectivity index (χ1n) is 10.1. The van der Waals surface area contributed by atoms with Gasteiger partial charge in [0.2, 0.25) is 0 Å². The molecule has 0 radical (unpaired) electrons. The third-order valence-electron chi connectivity index (χ3n) is 5.88. The maximum Gasteiger partial charge on any atom is 0.143 e.